The number of fused-ring (bicyclic) bond motifs is 6. The zero-order chi connectivity index (χ0) is 45.6. The van der Waals surface area contributed by atoms with Crippen LogP contribution in [0.2, 0.25) is 18.1 Å². The minimum atomic E-state index is -1.21. The first kappa shape index (κ1) is 45.5. The van der Waals surface area contributed by atoms with Crippen molar-refractivity contribution in [3.8, 4) is 50.6 Å². The van der Waals surface area contributed by atoms with Crippen LogP contribution in [0, 0.1) is 17.9 Å². The summed E-state index contributed by atoms with van der Waals surface area (Å²) < 4.78 is 21.9. The summed E-state index contributed by atoms with van der Waals surface area (Å²) in [4.78, 5) is 9.96. The van der Waals surface area contributed by atoms with Crippen molar-refractivity contribution in [2.24, 2.45) is 0 Å². The van der Waals surface area contributed by atoms with Crippen molar-refractivity contribution in [1.82, 2.24) is 14.5 Å². The Bertz CT molecular complexity index is 3380. The van der Waals surface area contributed by atoms with Crippen LogP contribution in [-0.4, -0.2) is 22.6 Å². The van der Waals surface area contributed by atoms with E-state index in [-0.39, 0.29) is 37.8 Å². The monoisotopic (exact) mass is 1080 g/mol. The van der Waals surface area contributed by atoms with Crippen LogP contribution < -0.4 is 5.19 Å². The van der Waals surface area contributed by atoms with Crippen molar-refractivity contribution in [2.45, 2.75) is 83.3 Å². The van der Waals surface area contributed by atoms with Crippen molar-refractivity contribution >= 4 is 46.2 Å². The molecule has 5 heterocycles. The molecule has 7 aromatic carbocycles. The number of aryl methyl sites for hydroxylation is 1. The van der Waals surface area contributed by atoms with E-state index in [9.17, 15) is 4.39 Å². The molecule has 4 nitrogen and oxygen atoms in total. The number of para-hydroxylation sites is 3. The van der Waals surface area contributed by atoms with Gasteiger partial charge in [0.2, 0.25) is 0 Å². The minimum absolute atomic E-state index is 0. The molecule has 0 N–H and O–H groups in total. The maximum absolute atomic E-state index is 13.0. The Morgan fingerprint density at radius 3 is 2.04 bits per heavy atom. The Kier molecular flexibility index (Phi) is 12.7. The standard InChI is InChI=1S/C43H35N2O.C18H19FNSi.Ir/c1-27(2)36-25-32(31-23-21-30(22-24-31)29-13-6-5-7-14-29)26-37(28(3)4)41(36)45-39-19-10-9-18-38(39)44-43(45)35-17-12-16-34-33-15-8-11-20-40(33)46-42(34)35;19-16-7-5-14(6-8-16)17-12-15-4-3-11-21(9-1-2-10-21)18(15)13-20-17;/h5-16,18-28H,1-4H3;5,7-8,12-13H,1-4,9-11H2;/q2*-1;. The maximum atomic E-state index is 13.0. The van der Waals surface area contributed by atoms with Gasteiger partial charge in [-0.3, -0.25) is 9.37 Å². The molecule has 68 heavy (non-hydrogen) atoms. The molecule has 1 radical (unpaired) electrons. The van der Waals surface area contributed by atoms with Crippen LogP contribution in [0.1, 0.15) is 75.5 Å². The zero-order valence-corrected chi connectivity index (χ0v) is 42.5. The van der Waals surface area contributed by atoms with Gasteiger partial charge < -0.3 is 14.0 Å². The van der Waals surface area contributed by atoms with Gasteiger partial charge in [0.25, 0.3) is 0 Å². The third-order valence-electron chi connectivity index (χ3n) is 14.4. The molecular weight excluding hydrogens is 1030 g/mol. The number of halogens is 1. The second-order valence-electron chi connectivity index (χ2n) is 19.2. The smallest absolute Gasteiger partial charge is 0.120 e. The van der Waals surface area contributed by atoms with E-state index >= 15 is 0 Å². The summed E-state index contributed by atoms with van der Waals surface area (Å²) in [7, 11) is -1.21. The molecule has 1 fully saturated rings. The Morgan fingerprint density at radius 2 is 1.32 bits per heavy atom. The van der Waals surface area contributed by atoms with Gasteiger partial charge in [-0.05, 0) is 92.8 Å². The van der Waals surface area contributed by atoms with Gasteiger partial charge in [0.1, 0.15) is 5.58 Å². The summed E-state index contributed by atoms with van der Waals surface area (Å²) >= 11 is 0. The van der Waals surface area contributed by atoms with Gasteiger partial charge in [0.15, 0.2) is 0 Å². The van der Waals surface area contributed by atoms with Crippen molar-refractivity contribution in [3.63, 3.8) is 0 Å². The first-order valence-electron chi connectivity index (χ1n) is 24.1. The van der Waals surface area contributed by atoms with Gasteiger partial charge in [-0.1, -0.05) is 173 Å². The number of pyridine rings is 1. The molecule has 2 aliphatic heterocycles. The Hall–Kier alpha value is -6.24. The fourth-order valence-electron chi connectivity index (χ4n) is 11.0. The van der Waals surface area contributed by atoms with Crippen molar-refractivity contribution in [2.75, 3.05) is 0 Å². The van der Waals surface area contributed by atoms with Crippen LogP contribution in [0.5, 0.6) is 0 Å². The van der Waals surface area contributed by atoms with Gasteiger partial charge in [0, 0.05) is 43.2 Å². The molecule has 0 bridgehead atoms. The first-order valence-corrected chi connectivity index (χ1v) is 26.7. The van der Waals surface area contributed by atoms with Gasteiger partial charge in [-0.15, -0.1) is 48.0 Å². The number of hydrogen-bond donors (Lipinski definition) is 0. The van der Waals surface area contributed by atoms with Crippen LogP contribution in [0.4, 0.5) is 4.39 Å². The van der Waals surface area contributed by atoms with Crippen molar-refractivity contribution in [3.05, 3.63) is 192 Å². The predicted molar refractivity (Wildman–Crippen MR) is 278 cm³/mol. The number of imidazole rings is 1. The van der Waals surface area contributed by atoms with Crippen LogP contribution in [0.15, 0.2) is 162 Å². The molecule has 0 atom stereocenters. The summed E-state index contributed by atoms with van der Waals surface area (Å²) in [5.41, 5.74) is 16.6. The largest absolute Gasteiger partial charge is 0.501 e. The molecule has 7 heteroatoms. The summed E-state index contributed by atoms with van der Waals surface area (Å²) in [5.74, 6) is 1.15. The fraction of sp³-hybridized carbons (Fsp3) is 0.213. The maximum Gasteiger partial charge on any atom is 0.120 e. The third-order valence-corrected chi connectivity index (χ3v) is 19.9. The summed E-state index contributed by atoms with van der Waals surface area (Å²) in [6, 6.07) is 62.8. The molecule has 0 unspecified atom stereocenters. The van der Waals surface area contributed by atoms with E-state index in [4.69, 9.17) is 14.4 Å². The van der Waals surface area contributed by atoms with E-state index in [1.54, 1.807) is 11.3 Å². The first-order chi connectivity index (χ1) is 32.7. The van der Waals surface area contributed by atoms with Crippen molar-refractivity contribution in [1.29, 1.82) is 0 Å². The summed E-state index contributed by atoms with van der Waals surface area (Å²) in [6.07, 6.45) is 7.51. The number of hydrogen-bond acceptors (Lipinski definition) is 3. The van der Waals surface area contributed by atoms with Crippen LogP contribution >= 0.6 is 0 Å². The zero-order valence-electron chi connectivity index (χ0n) is 39.1. The van der Waals surface area contributed by atoms with Gasteiger partial charge in [-0.2, -0.15) is 0 Å². The number of aromatic nitrogens is 3. The molecule has 3 aromatic heterocycles. The fourth-order valence-corrected chi connectivity index (χ4v) is 16.4. The molecule has 1 spiro atoms. The normalized spacial score (nSPS) is 14.1. The van der Waals surface area contributed by atoms with Crippen LogP contribution in [0.3, 0.4) is 0 Å². The molecule has 2 aliphatic rings. The van der Waals surface area contributed by atoms with E-state index in [1.165, 1.54) is 101 Å². The van der Waals surface area contributed by atoms with Gasteiger partial charge in [0.05, 0.1) is 30.5 Å². The number of furan rings is 1. The van der Waals surface area contributed by atoms with Crippen LogP contribution in [0.25, 0.3) is 83.6 Å². The van der Waals surface area contributed by atoms with E-state index in [2.05, 4.69) is 166 Å². The van der Waals surface area contributed by atoms with E-state index in [1.807, 2.05) is 18.2 Å². The number of nitrogens with zero attached hydrogens (tertiary/aromatic N) is 3. The Morgan fingerprint density at radius 1 is 0.662 bits per heavy atom. The molecule has 341 valence electrons. The molecule has 10 aromatic rings. The molecule has 0 aliphatic carbocycles. The average Bonchev–Trinajstić information content (AvgIpc) is 4.10. The van der Waals surface area contributed by atoms with E-state index in [0.717, 1.165) is 55.6 Å². The number of benzene rings is 7. The van der Waals surface area contributed by atoms with Gasteiger partial charge >= 0.3 is 0 Å². The topological polar surface area (TPSA) is 43.9 Å². The van der Waals surface area contributed by atoms with Crippen LogP contribution in [-0.2, 0) is 26.5 Å². The summed E-state index contributed by atoms with van der Waals surface area (Å²) in [5, 5.41) is 3.80. The van der Waals surface area contributed by atoms with E-state index in [0.29, 0.717) is 0 Å². The SMILES string of the molecule is CC(C)c1cc(-c2ccc(-c3ccccc3)cc2)cc(C(C)C)c1-n1c(-c2[c-]ccc3c2oc2ccccc23)nc2ccccc21.Fc1c[c-]c(-c2cc3c(cn2)[Si]2(CCCC2)CCC3)cc1.[Ir]. The Labute approximate surface area is 413 Å². The summed E-state index contributed by atoms with van der Waals surface area (Å²) in [6.45, 7) is 9.15. The molecule has 0 amide bonds. The van der Waals surface area contributed by atoms with Gasteiger partial charge in [-0.25, -0.2) is 0 Å². The minimum Gasteiger partial charge on any atom is -0.501 e. The molecule has 12 rings (SSSR count). The molecular formula is C61H54FIrN3OSi-2. The second-order valence-corrected chi connectivity index (χ2v) is 23.8. The molecule has 0 saturated carbocycles. The predicted octanol–water partition coefficient (Wildman–Crippen LogP) is 16.1. The molecule has 1 saturated heterocycles. The number of rotatable bonds is 7. The second kappa shape index (κ2) is 19.0. The Balaban J connectivity index is 0.000000204. The quantitative estimate of drug-likeness (QED) is 0.118. The third kappa shape index (κ3) is 8.40. The van der Waals surface area contributed by atoms with E-state index < -0.39 is 8.07 Å². The average molecular weight is 1080 g/mol. The van der Waals surface area contributed by atoms with Crippen molar-refractivity contribution < 1.29 is 28.9 Å².